The second-order valence-electron chi connectivity index (χ2n) is 6.14. The molecular formula is C18H13F3N2O2. The molecule has 1 saturated carbocycles. The molecule has 3 aromatic rings. The lowest BCUT2D eigenvalue weighted by molar-refractivity contribution is -0.139. The summed E-state index contributed by atoms with van der Waals surface area (Å²) in [5, 5.41) is 9.14. The number of carboxylic acids is 1. The van der Waals surface area contributed by atoms with Crippen molar-refractivity contribution < 1.29 is 23.1 Å². The van der Waals surface area contributed by atoms with E-state index in [-0.39, 0.29) is 5.92 Å². The summed E-state index contributed by atoms with van der Waals surface area (Å²) in [7, 11) is 0. The number of aromatic nitrogens is 2. The van der Waals surface area contributed by atoms with Crippen molar-refractivity contribution in [3.8, 4) is 11.3 Å². The van der Waals surface area contributed by atoms with Gasteiger partial charge < -0.3 is 9.51 Å². The van der Waals surface area contributed by atoms with E-state index in [4.69, 9.17) is 5.11 Å². The predicted molar refractivity (Wildman–Crippen MR) is 84.1 cm³/mol. The van der Waals surface area contributed by atoms with Gasteiger partial charge >= 0.3 is 12.1 Å². The van der Waals surface area contributed by atoms with Gasteiger partial charge in [-0.15, -0.1) is 0 Å². The van der Waals surface area contributed by atoms with E-state index in [0.717, 1.165) is 17.6 Å². The summed E-state index contributed by atoms with van der Waals surface area (Å²) in [6.07, 6.45) is -2.07. The van der Waals surface area contributed by atoms with Crippen molar-refractivity contribution in [1.29, 1.82) is 0 Å². The lowest BCUT2D eigenvalue weighted by Crippen LogP contribution is -2.04. The molecular weight excluding hydrogens is 333 g/mol. The van der Waals surface area contributed by atoms with Crippen molar-refractivity contribution in [3.05, 3.63) is 60.0 Å². The number of benzene rings is 1. The molecule has 0 bridgehead atoms. The van der Waals surface area contributed by atoms with Crippen LogP contribution in [-0.2, 0) is 11.0 Å². The second kappa shape index (κ2) is 5.34. The van der Waals surface area contributed by atoms with Crippen LogP contribution >= 0.6 is 0 Å². The number of pyridine rings is 1. The van der Waals surface area contributed by atoms with Gasteiger partial charge in [-0.1, -0.05) is 18.2 Å². The fourth-order valence-electron chi connectivity index (χ4n) is 3.11. The molecule has 0 unspecified atom stereocenters. The fraction of sp³-hybridized carbons (Fsp3) is 0.222. The van der Waals surface area contributed by atoms with Crippen molar-refractivity contribution in [1.82, 2.24) is 9.38 Å². The van der Waals surface area contributed by atoms with E-state index in [0.29, 0.717) is 23.5 Å². The molecule has 7 heteroatoms. The molecule has 0 saturated heterocycles. The van der Waals surface area contributed by atoms with Gasteiger partial charge in [-0.2, -0.15) is 13.2 Å². The molecule has 0 aliphatic heterocycles. The van der Waals surface area contributed by atoms with Crippen LogP contribution in [0.25, 0.3) is 16.8 Å². The highest BCUT2D eigenvalue weighted by Gasteiger charge is 2.47. The number of carboxylic acid groups (broad SMARTS) is 1. The number of hydrogen-bond acceptors (Lipinski definition) is 2. The summed E-state index contributed by atoms with van der Waals surface area (Å²) in [5.41, 5.74) is 1.15. The second-order valence-corrected chi connectivity index (χ2v) is 6.14. The first kappa shape index (κ1) is 15.7. The number of hydrogen-bond donors (Lipinski definition) is 1. The number of imidazole rings is 1. The van der Waals surface area contributed by atoms with Gasteiger partial charge in [0, 0.05) is 17.7 Å². The first-order chi connectivity index (χ1) is 11.9. The van der Waals surface area contributed by atoms with Crippen molar-refractivity contribution >= 4 is 11.5 Å². The van der Waals surface area contributed by atoms with Crippen LogP contribution in [0.3, 0.4) is 0 Å². The highest BCUT2D eigenvalue weighted by Crippen LogP contribution is 2.48. The molecule has 2 aromatic heterocycles. The third-order valence-corrected chi connectivity index (χ3v) is 4.50. The summed E-state index contributed by atoms with van der Waals surface area (Å²) in [6, 6.07) is 10.3. The minimum Gasteiger partial charge on any atom is -0.481 e. The molecule has 1 aromatic carbocycles. The Hall–Kier alpha value is -2.83. The zero-order chi connectivity index (χ0) is 17.8. The molecule has 1 N–H and O–H groups in total. The van der Waals surface area contributed by atoms with E-state index in [2.05, 4.69) is 4.98 Å². The van der Waals surface area contributed by atoms with Crippen molar-refractivity contribution in [2.75, 3.05) is 0 Å². The van der Waals surface area contributed by atoms with Crippen LogP contribution in [0.1, 0.15) is 23.7 Å². The summed E-state index contributed by atoms with van der Waals surface area (Å²) >= 11 is 0. The molecule has 128 valence electrons. The summed E-state index contributed by atoms with van der Waals surface area (Å²) in [6.45, 7) is 0. The minimum atomic E-state index is -4.39. The Morgan fingerprint density at radius 3 is 2.48 bits per heavy atom. The van der Waals surface area contributed by atoms with Gasteiger partial charge in [0.05, 0.1) is 22.7 Å². The summed E-state index contributed by atoms with van der Waals surface area (Å²) in [4.78, 5) is 15.7. The summed E-state index contributed by atoms with van der Waals surface area (Å²) in [5.74, 6) is -0.839. The van der Waals surface area contributed by atoms with Crippen molar-refractivity contribution in [3.63, 3.8) is 0 Å². The maximum Gasteiger partial charge on any atom is 0.416 e. The third-order valence-electron chi connectivity index (χ3n) is 4.50. The highest BCUT2D eigenvalue weighted by molar-refractivity contribution is 5.79. The van der Waals surface area contributed by atoms with E-state index >= 15 is 0 Å². The van der Waals surface area contributed by atoms with Crippen LogP contribution in [0.15, 0.2) is 48.7 Å². The number of nitrogens with zero attached hydrogens (tertiary/aromatic N) is 2. The van der Waals surface area contributed by atoms with Gasteiger partial charge in [-0.05, 0) is 30.7 Å². The van der Waals surface area contributed by atoms with E-state index in [9.17, 15) is 18.0 Å². The lowest BCUT2D eigenvalue weighted by atomic mass is 10.1. The predicted octanol–water partition coefficient (Wildman–Crippen LogP) is 4.21. The molecule has 4 nitrogen and oxygen atoms in total. The Morgan fingerprint density at radius 1 is 1.16 bits per heavy atom. The average molecular weight is 346 g/mol. The van der Waals surface area contributed by atoms with Gasteiger partial charge in [0.1, 0.15) is 5.82 Å². The highest BCUT2D eigenvalue weighted by atomic mass is 19.4. The van der Waals surface area contributed by atoms with E-state index in [1.165, 1.54) is 12.1 Å². The lowest BCUT2D eigenvalue weighted by Gasteiger charge is -2.06. The Balaban J connectivity index is 1.79. The Morgan fingerprint density at radius 2 is 1.88 bits per heavy atom. The monoisotopic (exact) mass is 346 g/mol. The van der Waals surface area contributed by atoms with E-state index in [1.807, 2.05) is 22.6 Å². The van der Waals surface area contributed by atoms with Gasteiger partial charge in [-0.3, -0.25) is 4.79 Å². The van der Waals surface area contributed by atoms with E-state index in [1.54, 1.807) is 6.20 Å². The molecule has 1 aliphatic rings. The molecule has 2 atom stereocenters. The first-order valence-corrected chi connectivity index (χ1v) is 7.73. The molecule has 0 radical (unpaired) electrons. The number of rotatable bonds is 3. The smallest absolute Gasteiger partial charge is 0.416 e. The van der Waals surface area contributed by atoms with Crippen LogP contribution < -0.4 is 0 Å². The number of halogens is 3. The zero-order valence-corrected chi connectivity index (χ0v) is 12.9. The Labute approximate surface area is 140 Å². The van der Waals surface area contributed by atoms with Crippen LogP contribution in [-0.4, -0.2) is 20.5 Å². The van der Waals surface area contributed by atoms with Gasteiger partial charge in [0.2, 0.25) is 0 Å². The first-order valence-electron chi connectivity index (χ1n) is 7.73. The topological polar surface area (TPSA) is 54.6 Å². The number of fused-ring (bicyclic) bond motifs is 1. The fourth-order valence-corrected chi connectivity index (χ4v) is 3.11. The van der Waals surface area contributed by atoms with E-state index < -0.39 is 23.6 Å². The third kappa shape index (κ3) is 2.65. The standard InChI is InChI=1S/C18H13F3N2O2/c19-18(20,21)11-6-4-10(5-7-11)15-14-3-1-2-8-23(14)16(22-15)12-9-13(12)17(24)25/h1-8,12-13H,9H2,(H,24,25)/t12-,13+/m0/s1. The Kier molecular flexibility index (Phi) is 3.35. The SMILES string of the molecule is O=C(O)[C@@H]1C[C@@H]1c1nc(-c2ccc(C(F)(F)F)cc2)c2ccccn12. The largest absolute Gasteiger partial charge is 0.481 e. The number of alkyl halides is 3. The van der Waals surface area contributed by atoms with Crippen LogP contribution in [0.4, 0.5) is 13.2 Å². The molecule has 1 aliphatic carbocycles. The number of aliphatic carboxylic acids is 1. The van der Waals surface area contributed by atoms with Crippen molar-refractivity contribution in [2.45, 2.75) is 18.5 Å². The zero-order valence-electron chi connectivity index (χ0n) is 12.9. The van der Waals surface area contributed by atoms with Crippen LogP contribution in [0, 0.1) is 5.92 Å². The molecule has 0 amide bonds. The van der Waals surface area contributed by atoms with Gasteiger partial charge in [0.25, 0.3) is 0 Å². The van der Waals surface area contributed by atoms with Crippen LogP contribution in [0.5, 0.6) is 0 Å². The van der Waals surface area contributed by atoms with Crippen molar-refractivity contribution in [2.24, 2.45) is 5.92 Å². The molecule has 1 fully saturated rings. The quantitative estimate of drug-likeness (QED) is 0.773. The molecule has 2 heterocycles. The average Bonchev–Trinajstić information content (AvgIpc) is 3.29. The normalized spacial score (nSPS) is 20.0. The minimum absolute atomic E-state index is 0.171. The molecule has 4 rings (SSSR count). The Bertz CT molecular complexity index is 961. The van der Waals surface area contributed by atoms with Gasteiger partial charge in [-0.25, -0.2) is 4.98 Å². The number of carbonyl (C=O) groups is 1. The summed E-state index contributed by atoms with van der Waals surface area (Å²) < 4.78 is 40.0. The molecule has 0 spiro atoms. The van der Waals surface area contributed by atoms with Gasteiger partial charge in [0.15, 0.2) is 0 Å². The molecule has 25 heavy (non-hydrogen) atoms. The maximum absolute atomic E-state index is 12.7. The van der Waals surface area contributed by atoms with Crippen LogP contribution in [0.2, 0.25) is 0 Å². The maximum atomic E-state index is 12.7.